The van der Waals surface area contributed by atoms with Crippen LogP contribution in [-0.2, 0) is 4.79 Å². The summed E-state index contributed by atoms with van der Waals surface area (Å²) in [6.07, 6.45) is 7.21. The maximum Gasteiger partial charge on any atom is 0.226 e. The number of carbonyl (C=O) groups is 1. The second-order valence-electron chi connectivity index (χ2n) is 6.98. The summed E-state index contributed by atoms with van der Waals surface area (Å²) in [5, 5.41) is 4.44. The lowest BCUT2D eigenvalue weighted by molar-refractivity contribution is -0.134. The molecule has 0 radical (unpaired) electrons. The van der Waals surface area contributed by atoms with Gasteiger partial charge in [0.15, 0.2) is 0 Å². The summed E-state index contributed by atoms with van der Waals surface area (Å²) in [4.78, 5) is 17.6. The van der Waals surface area contributed by atoms with Gasteiger partial charge in [0.1, 0.15) is 0 Å². The molecule has 2 aromatic rings. The summed E-state index contributed by atoms with van der Waals surface area (Å²) in [6, 6.07) is 4.70. The number of amides is 1. The molecule has 5 heteroatoms. The van der Waals surface area contributed by atoms with Gasteiger partial charge in [0.25, 0.3) is 0 Å². The maximum absolute atomic E-state index is 12.8. The van der Waals surface area contributed by atoms with E-state index in [-0.39, 0.29) is 5.92 Å². The Bertz CT molecular complexity index is 719. The highest BCUT2D eigenvalue weighted by molar-refractivity contribution is 7.12. The third-order valence-electron chi connectivity index (χ3n) is 5.05. The van der Waals surface area contributed by atoms with Crippen molar-refractivity contribution in [3.8, 4) is 0 Å². The van der Waals surface area contributed by atoms with Gasteiger partial charge >= 0.3 is 0 Å². The molecular formula is C18H23N3OS. The number of aromatic nitrogens is 2. The number of hydrogen-bond acceptors (Lipinski definition) is 3. The van der Waals surface area contributed by atoms with Crippen molar-refractivity contribution < 1.29 is 4.79 Å². The van der Waals surface area contributed by atoms with E-state index in [9.17, 15) is 4.79 Å². The predicted octanol–water partition coefficient (Wildman–Crippen LogP) is 3.53. The molecule has 0 N–H and O–H groups in total. The zero-order valence-corrected chi connectivity index (χ0v) is 14.6. The van der Waals surface area contributed by atoms with Gasteiger partial charge in [0, 0.05) is 40.9 Å². The van der Waals surface area contributed by atoms with Crippen LogP contribution in [0.3, 0.4) is 0 Å². The van der Waals surface area contributed by atoms with E-state index in [1.165, 1.54) is 15.3 Å². The summed E-state index contributed by atoms with van der Waals surface area (Å²) in [6.45, 7) is 5.91. The van der Waals surface area contributed by atoms with Crippen LogP contribution in [0, 0.1) is 19.8 Å². The van der Waals surface area contributed by atoms with Crippen molar-refractivity contribution in [2.45, 2.75) is 45.1 Å². The molecule has 4 nitrogen and oxygen atoms in total. The Kier molecular flexibility index (Phi) is 3.76. The number of hydrogen-bond donors (Lipinski definition) is 0. The average Bonchev–Trinajstić information content (AvgIpc) is 3.04. The van der Waals surface area contributed by atoms with Crippen LogP contribution in [-0.4, -0.2) is 33.7 Å². The van der Waals surface area contributed by atoms with Crippen molar-refractivity contribution in [1.82, 2.24) is 14.7 Å². The number of carbonyl (C=O) groups excluding carboxylic acids is 1. The molecule has 4 rings (SSSR count). The first-order valence-electron chi connectivity index (χ1n) is 8.47. The SMILES string of the molecule is Cc1cnn([C@@H]2CCCN(C(=O)[C@@H]3C[C@@H]3c3ccc(C)s3)C2)c1. The van der Waals surface area contributed by atoms with Crippen molar-refractivity contribution in [2.24, 2.45) is 5.92 Å². The summed E-state index contributed by atoms with van der Waals surface area (Å²) < 4.78 is 2.04. The summed E-state index contributed by atoms with van der Waals surface area (Å²) in [5.41, 5.74) is 1.18. The fraction of sp³-hybridized carbons (Fsp3) is 0.556. The van der Waals surface area contributed by atoms with Crippen LogP contribution in [0.2, 0.25) is 0 Å². The average molecular weight is 329 g/mol. The Hall–Kier alpha value is -1.62. The monoisotopic (exact) mass is 329 g/mol. The number of rotatable bonds is 3. The third kappa shape index (κ3) is 2.94. The largest absolute Gasteiger partial charge is 0.340 e. The number of nitrogens with zero attached hydrogens (tertiary/aromatic N) is 3. The minimum atomic E-state index is 0.214. The predicted molar refractivity (Wildman–Crippen MR) is 91.7 cm³/mol. The zero-order valence-electron chi connectivity index (χ0n) is 13.7. The first-order valence-corrected chi connectivity index (χ1v) is 9.29. The van der Waals surface area contributed by atoms with E-state index < -0.39 is 0 Å². The van der Waals surface area contributed by atoms with Crippen molar-refractivity contribution in [3.63, 3.8) is 0 Å². The molecule has 0 spiro atoms. The van der Waals surface area contributed by atoms with Crippen LogP contribution in [0.25, 0.3) is 0 Å². The van der Waals surface area contributed by atoms with Gasteiger partial charge in [0.2, 0.25) is 5.91 Å². The van der Waals surface area contributed by atoms with Crippen LogP contribution in [0.5, 0.6) is 0 Å². The van der Waals surface area contributed by atoms with E-state index in [1.54, 1.807) is 0 Å². The molecule has 0 bridgehead atoms. The third-order valence-corrected chi connectivity index (χ3v) is 6.18. The molecule has 3 heterocycles. The molecule has 1 aliphatic carbocycles. The Morgan fingerprint density at radius 3 is 2.91 bits per heavy atom. The van der Waals surface area contributed by atoms with Crippen LogP contribution >= 0.6 is 11.3 Å². The first kappa shape index (κ1) is 14.9. The minimum Gasteiger partial charge on any atom is -0.340 e. The Morgan fingerprint density at radius 2 is 2.22 bits per heavy atom. The van der Waals surface area contributed by atoms with Crippen LogP contribution in [0.1, 0.15) is 46.5 Å². The molecule has 3 atom stereocenters. The van der Waals surface area contributed by atoms with Crippen LogP contribution in [0.15, 0.2) is 24.5 Å². The lowest BCUT2D eigenvalue weighted by atomic mass is 10.0. The number of likely N-dealkylation sites (tertiary alicyclic amines) is 1. The van der Waals surface area contributed by atoms with Gasteiger partial charge in [-0.2, -0.15) is 5.10 Å². The molecule has 2 aromatic heterocycles. The second kappa shape index (κ2) is 5.78. The van der Waals surface area contributed by atoms with Gasteiger partial charge in [-0.05, 0) is 50.8 Å². The van der Waals surface area contributed by atoms with Gasteiger partial charge < -0.3 is 4.90 Å². The number of aryl methyl sites for hydroxylation is 2. The zero-order chi connectivity index (χ0) is 16.0. The summed E-state index contributed by atoms with van der Waals surface area (Å²) >= 11 is 1.84. The Labute approximate surface area is 141 Å². The molecule has 1 amide bonds. The summed E-state index contributed by atoms with van der Waals surface area (Å²) in [7, 11) is 0. The smallest absolute Gasteiger partial charge is 0.226 e. The Morgan fingerprint density at radius 1 is 1.35 bits per heavy atom. The lowest BCUT2D eigenvalue weighted by Gasteiger charge is -2.33. The summed E-state index contributed by atoms with van der Waals surface area (Å²) in [5.74, 6) is 1.04. The van der Waals surface area contributed by atoms with E-state index in [0.717, 1.165) is 32.4 Å². The fourth-order valence-electron chi connectivity index (χ4n) is 3.67. The van der Waals surface area contributed by atoms with Gasteiger partial charge in [-0.3, -0.25) is 9.48 Å². The molecule has 2 aliphatic rings. The number of piperidine rings is 1. The van der Waals surface area contributed by atoms with E-state index in [4.69, 9.17) is 0 Å². The molecule has 2 fully saturated rings. The van der Waals surface area contributed by atoms with Gasteiger partial charge in [-0.15, -0.1) is 11.3 Å². The molecule has 0 aromatic carbocycles. The quantitative estimate of drug-likeness (QED) is 0.864. The molecule has 122 valence electrons. The molecule has 23 heavy (non-hydrogen) atoms. The highest BCUT2D eigenvalue weighted by Crippen LogP contribution is 2.50. The highest BCUT2D eigenvalue weighted by atomic mass is 32.1. The maximum atomic E-state index is 12.8. The molecular weight excluding hydrogens is 306 g/mol. The lowest BCUT2D eigenvalue weighted by Crippen LogP contribution is -2.41. The minimum absolute atomic E-state index is 0.214. The van der Waals surface area contributed by atoms with E-state index in [1.807, 2.05) is 22.2 Å². The van der Waals surface area contributed by atoms with Crippen molar-refractivity contribution >= 4 is 17.2 Å². The standard InChI is InChI=1S/C18H23N3OS/c1-12-9-19-21(10-12)14-4-3-7-20(11-14)18(22)16-8-15(16)17-6-5-13(2)23-17/h5-6,9-10,14-16H,3-4,7-8,11H2,1-2H3/t14-,15+,16-/m1/s1. The topological polar surface area (TPSA) is 38.1 Å². The van der Waals surface area contributed by atoms with Gasteiger partial charge in [0.05, 0.1) is 12.2 Å². The highest BCUT2D eigenvalue weighted by Gasteiger charge is 2.47. The second-order valence-corrected chi connectivity index (χ2v) is 8.29. The van der Waals surface area contributed by atoms with E-state index >= 15 is 0 Å². The molecule has 1 saturated heterocycles. The van der Waals surface area contributed by atoms with Crippen molar-refractivity contribution in [3.05, 3.63) is 39.8 Å². The number of thiophene rings is 1. The fourth-order valence-corrected chi connectivity index (χ4v) is 4.73. The Balaban J connectivity index is 1.41. The normalized spacial score (nSPS) is 27.2. The van der Waals surface area contributed by atoms with E-state index in [0.29, 0.717) is 17.9 Å². The van der Waals surface area contributed by atoms with Crippen LogP contribution in [0.4, 0.5) is 0 Å². The molecule has 1 saturated carbocycles. The van der Waals surface area contributed by atoms with Gasteiger partial charge in [-0.1, -0.05) is 0 Å². The molecule has 1 aliphatic heterocycles. The van der Waals surface area contributed by atoms with Crippen LogP contribution < -0.4 is 0 Å². The van der Waals surface area contributed by atoms with Crippen molar-refractivity contribution in [2.75, 3.05) is 13.1 Å². The van der Waals surface area contributed by atoms with E-state index in [2.05, 4.69) is 42.2 Å². The first-order chi connectivity index (χ1) is 11.1. The van der Waals surface area contributed by atoms with Gasteiger partial charge in [-0.25, -0.2) is 0 Å². The molecule has 0 unspecified atom stereocenters. The van der Waals surface area contributed by atoms with Crippen molar-refractivity contribution in [1.29, 1.82) is 0 Å².